The van der Waals surface area contributed by atoms with E-state index in [-0.39, 0.29) is 42.0 Å². The molecule has 3 aromatic rings. The first-order valence-corrected chi connectivity index (χ1v) is 11.4. The second-order valence-electron chi connectivity index (χ2n) is 8.97. The summed E-state index contributed by atoms with van der Waals surface area (Å²) in [5.74, 6) is -0.396. The summed E-state index contributed by atoms with van der Waals surface area (Å²) in [5.41, 5.74) is 2.93. The number of nitrogens with zero attached hydrogens (tertiary/aromatic N) is 3. The number of amides is 1. The van der Waals surface area contributed by atoms with Gasteiger partial charge in [-0.05, 0) is 36.2 Å². The number of carbonyl (C=O) groups is 1. The summed E-state index contributed by atoms with van der Waals surface area (Å²) in [7, 11) is 0. The van der Waals surface area contributed by atoms with Gasteiger partial charge in [0, 0.05) is 55.7 Å². The fourth-order valence-corrected chi connectivity index (χ4v) is 5.56. The molecule has 1 fully saturated rings. The third-order valence-electron chi connectivity index (χ3n) is 7.11. The van der Waals surface area contributed by atoms with Crippen molar-refractivity contribution in [2.45, 2.75) is 38.1 Å². The Hall–Kier alpha value is -3.29. The van der Waals surface area contributed by atoms with Crippen LogP contribution in [0.5, 0.6) is 0 Å². The topological polar surface area (TPSA) is 87.5 Å². The molecule has 0 unspecified atom stereocenters. The van der Waals surface area contributed by atoms with Crippen LogP contribution in [0.2, 0.25) is 0 Å². The Morgan fingerprint density at radius 2 is 1.88 bits per heavy atom. The van der Waals surface area contributed by atoms with Gasteiger partial charge in [-0.25, -0.2) is 0 Å². The van der Waals surface area contributed by atoms with E-state index in [1.165, 1.54) is 0 Å². The predicted molar refractivity (Wildman–Crippen MR) is 124 cm³/mol. The van der Waals surface area contributed by atoms with E-state index < -0.39 is 6.04 Å². The molecule has 0 bridgehead atoms. The highest BCUT2D eigenvalue weighted by Gasteiger charge is 2.55. The van der Waals surface area contributed by atoms with Crippen LogP contribution in [0.4, 0.5) is 0 Å². The molecule has 2 aliphatic rings. The van der Waals surface area contributed by atoms with Crippen LogP contribution in [0.15, 0.2) is 77.9 Å². The first kappa shape index (κ1) is 21.6. The number of carbonyl (C=O) groups excluding carboxylic acids is 1. The Balaban J connectivity index is 1.51. The van der Waals surface area contributed by atoms with Crippen LogP contribution >= 0.6 is 0 Å². The maximum absolute atomic E-state index is 13.7. The number of aromatic nitrogens is 2. The van der Waals surface area contributed by atoms with Crippen LogP contribution in [-0.2, 0) is 17.9 Å². The third kappa shape index (κ3) is 3.87. The molecule has 2 aliphatic heterocycles. The average Bonchev–Trinajstić information content (AvgIpc) is 3.36. The van der Waals surface area contributed by atoms with Crippen molar-refractivity contribution in [3.63, 3.8) is 0 Å². The second-order valence-corrected chi connectivity index (χ2v) is 8.97. The zero-order valence-corrected chi connectivity index (χ0v) is 18.5. The summed E-state index contributed by atoms with van der Waals surface area (Å²) in [6, 6.07) is 18.3. The number of pyridine rings is 2. The van der Waals surface area contributed by atoms with Crippen molar-refractivity contribution >= 4 is 5.91 Å². The van der Waals surface area contributed by atoms with Crippen molar-refractivity contribution in [2.24, 2.45) is 11.8 Å². The van der Waals surface area contributed by atoms with Gasteiger partial charge in [-0.1, -0.05) is 36.4 Å². The van der Waals surface area contributed by atoms with E-state index in [0.29, 0.717) is 13.1 Å². The molecule has 2 N–H and O–H groups in total. The van der Waals surface area contributed by atoms with Crippen molar-refractivity contribution in [3.8, 4) is 0 Å². The molecule has 0 spiro atoms. The van der Waals surface area contributed by atoms with Crippen molar-refractivity contribution in [2.75, 3.05) is 6.61 Å². The molecular formula is C26H28N4O3. The van der Waals surface area contributed by atoms with E-state index in [1.807, 2.05) is 55.5 Å². The monoisotopic (exact) mass is 444 g/mol. The Labute approximate surface area is 192 Å². The number of hydrogen-bond acceptors (Lipinski definition) is 5. The molecule has 0 aliphatic carbocycles. The van der Waals surface area contributed by atoms with Crippen molar-refractivity contribution < 1.29 is 9.90 Å². The van der Waals surface area contributed by atoms with Gasteiger partial charge in [-0.2, -0.15) is 0 Å². The largest absolute Gasteiger partial charge is 0.396 e. The molecule has 0 saturated carbocycles. The highest BCUT2D eigenvalue weighted by molar-refractivity contribution is 5.83. The molecule has 1 aromatic carbocycles. The molecule has 5 atom stereocenters. The van der Waals surface area contributed by atoms with E-state index in [4.69, 9.17) is 0 Å². The van der Waals surface area contributed by atoms with Gasteiger partial charge >= 0.3 is 0 Å². The van der Waals surface area contributed by atoms with Crippen LogP contribution in [0, 0.1) is 11.8 Å². The molecule has 7 heteroatoms. The summed E-state index contributed by atoms with van der Waals surface area (Å²) in [6.45, 7) is 2.89. The quantitative estimate of drug-likeness (QED) is 0.609. The molecule has 5 rings (SSSR count). The van der Waals surface area contributed by atoms with E-state index in [0.717, 1.165) is 16.8 Å². The Morgan fingerprint density at radius 1 is 1.12 bits per heavy atom. The first-order valence-electron chi connectivity index (χ1n) is 11.4. The van der Waals surface area contributed by atoms with E-state index in [1.54, 1.807) is 29.1 Å². The van der Waals surface area contributed by atoms with Crippen LogP contribution in [0.3, 0.4) is 0 Å². The maximum atomic E-state index is 13.7. The Kier molecular flexibility index (Phi) is 5.83. The number of aliphatic hydroxyl groups is 1. The molecule has 1 amide bonds. The van der Waals surface area contributed by atoms with E-state index in [2.05, 4.69) is 15.2 Å². The lowest BCUT2D eigenvalue weighted by Gasteiger charge is -2.31. The normalized spacial score (nSPS) is 24.8. The van der Waals surface area contributed by atoms with Crippen molar-refractivity contribution in [1.29, 1.82) is 0 Å². The third-order valence-corrected chi connectivity index (χ3v) is 7.11. The smallest absolute Gasteiger partial charge is 0.250 e. The molecule has 7 nitrogen and oxygen atoms in total. The van der Waals surface area contributed by atoms with E-state index in [9.17, 15) is 14.7 Å². The lowest BCUT2D eigenvalue weighted by molar-refractivity contribution is -0.128. The van der Waals surface area contributed by atoms with Crippen LogP contribution in [0.25, 0.3) is 0 Å². The van der Waals surface area contributed by atoms with Crippen LogP contribution in [0.1, 0.15) is 35.8 Å². The molecule has 33 heavy (non-hydrogen) atoms. The zero-order chi connectivity index (χ0) is 22.9. The average molecular weight is 445 g/mol. The Bertz CT molecular complexity index is 1180. The summed E-state index contributed by atoms with van der Waals surface area (Å²) in [5, 5.41) is 13.6. The van der Waals surface area contributed by atoms with Gasteiger partial charge in [0.05, 0.1) is 18.1 Å². The number of likely N-dealkylation sites (tertiary alicyclic amines) is 1. The molecule has 2 aromatic heterocycles. The zero-order valence-electron chi connectivity index (χ0n) is 18.5. The minimum absolute atomic E-state index is 0.0188. The molecule has 0 radical (unpaired) electrons. The van der Waals surface area contributed by atoms with Gasteiger partial charge in [-0.15, -0.1) is 0 Å². The van der Waals surface area contributed by atoms with Gasteiger partial charge in [0.1, 0.15) is 0 Å². The molecule has 170 valence electrons. The fourth-order valence-electron chi connectivity index (χ4n) is 5.56. The van der Waals surface area contributed by atoms with Gasteiger partial charge in [0.25, 0.3) is 5.56 Å². The predicted octanol–water partition coefficient (Wildman–Crippen LogP) is 2.28. The number of fused-ring (bicyclic) bond motifs is 3. The summed E-state index contributed by atoms with van der Waals surface area (Å²) in [4.78, 5) is 32.4. The standard InChI is InChI=1S/C26H28N4O3/c1-17(19-6-3-2-4-7-19)28-26(33)25-21(16-31)20-15-29-22(8-5-9-23(29)32)24(20)30(25)14-18-10-12-27-13-11-18/h2-13,17,20-21,24-25,31H,14-16H2,1H3,(H,28,33)/t17-,20-,21-,24+,25-/m0/s1. The second kappa shape index (κ2) is 8.92. The number of benzene rings is 1. The van der Waals surface area contributed by atoms with Gasteiger partial charge in [-0.3, -0.25) is 19.5 Å². The molecule has 4 heterocycles. The van der Waals surface area contributed by atoms with Crippen LogP contribution in [-0.4, -0.2) is 38.1 Å². The first-order chi connectivity index (χ1) is 16.1. The minimum atomic E-state index is -0.506. The maximum Gasteiger partial charge on any atom is 0.250 e. The van der Waals surface area contributed by atoms with E-state index >= 15 is 0 Å². The Morgan fingerprint density at radius 3 is 2.61 bits per heavy atom. The number of aliphatic hydroxyl groups excluding tert-OH is 1. The summed E-state index contributed by atoms with van der Waals surface area (Å²) in [6.07, 6.45) is 3.48. The van der Waals surface area contributed by atoms with Gasteiger partial charge in [0.15, 0.2) is 0 Å². The highest BCUT2D eigenvalue weighted by atomic mass is 16.3. The lowest BCUT2D eigenvalue weighted by atomic mass is 9.88. The van der Waals surface area contributed by atoms with Crippen molar-refractivity contribution in [3.05, 3.63) is 100 Å². The molecule has 1 saturated heterocycles. The number of hydrogen-bond donors (Lipinski definition) is 2. The number of rotatable bonds is 6. The molecular weight excluding hydrogens is 416 g/mol. The van der Waals surface area contributed by atoms with Gasteiger partial charge in [0.2, 0.25) is 5.91 Å². The van der Waals surface area contributed by atoms with Gasteiger partial charge < -0.3 is 15.0 Å². The lowest BCUT2D eigenvalue weighted by Crippen LogP contribution is -2.48. The minimum Gasteiger partial charge on any atom is -0.396 e. The van der Waals surface area contributed by atoms with Crippen molar-refractivity contribution in [1.82, 2.24) is 19.8 Å². The number of nitrogens with one attached hydrogen (secondary N) is 1. The summed E-state index contributed by atoms with van der Waals surface area (Å²) < 4.78 is 1.79. The highest BCUT2D eigenvalue weighted by Crippen LogP contribution is 2.49. The van der Waals surface area contributed by atoms with Crippen LogP contribution < -0.4 is 10.9 Å². The SMILES string of the molecule is C[C@H](NC(=O)[C@@H]1[C@@H](CO)[C@@H]2Cn3c(cccc3=O)[C@@H]2N1Cc1ccncc1)c1ccccc1. The fraction of sp³-hybridized carbons (Fsp3) is 0.346. The summed E-state index contributed by atoms with van der Waals surface area (Å²) >= 11 is 0.